The number of alkyl halides is 1. The predicted octanol–water partition coefficient (Wildman–Crippen LogP) is 7.53. The summed E-state index contributed by atoms with van der Waals surface area (Å²) < 4.78 is 4.83. The smallest absolute Gasteiger partial charge is 0.0890 e. The van der Waals surface area contributed by atoms with E-state index in [2.05, 4.69) is 72.3 Å². The molecule has 2 heterocycles. The van der Waals surface area contributed by atoms with Crippen molar-refractivity contribution < 1.29 is 17.1 Å². The minimum atomic E-state index is 0. The van der Waals surface area contributed by atoms with Crippen LogP contribution in [0.15, 0.2) is 24.8 Å². The molecule has 42 heavy (non-hydrogen) atoms. The monoisotopic (exact) mass is 638 g/mol. The molecule has 2 aliphatic heterocycles. The molecule has 0 spiro atoms. The molecular formula is C35H75Cl2N4O-. The van der Waals surface area contributed by atoms with E-state index in [9.17, 15) is 0 Å². The van der Waals surface area contributed by atoms with Crippen LogP contribution in [0.2, 0.25) is 0 Å². The third-order valence-corrected chi connectivity index (χ3v) is 6.88. The first-order chi connectivity index (χ1) is 19.5. The maximum absolute atomic E-state index is 5.00. The summed E-state index contributed by atoms with van der Waals surface area (Å²) in [6.45, 7) is 16.7. The zero-order valence-electron chi connectivity index (χ0n) is 28.5. The quantitative estimate of drug-likeness (QED) is 0.101. The highest BCUT2D eigenvalue weighted by molar-refractivity contribution is 6.17. The summed E-state index contributed by atoms with van der Waals surface area (Å²) in [7, 11) is 4.26. The molecule has 0 bridgehead atoms. The molecule has 0 unspecified atom stereocenters. The van der Waals surface area contributed by atoms with Crippen molar-refractivity contribution in [1.29, 1.82) is 0 Å². The van der Waals surface area contributed by atoms with Gasteiger partial charge in [0.2, 0.25) is 0 Å². The minimum Gasteiger partial charge on any atom is -1.00 e. The lowest BCUT2D eigenvalue weighted by Gasteiger charge is -2.17. The summed E-state index contributed by atoms with van der Waals surface area (Å²) in [5.74, 6) is 0.722. The summed E-state index contributed by atoms with van der Waals surface area (Å²) in [6, 6.07) is 0. The first kappa shape index (κ1) is 48.1. The molecule has 0 aliphatic carbocycles. The Bertz CT molecular complexity index is 493. The van der Waals surface area contributed by atoms with Crippen LogP contribution < -0.4 is 12.4 Å². The zero-order valence-corrected chi connectivity index (χ0v) is 30.0. The largest absolute Gasteiger partial charge is 1.00 e. The van der Waals surface area contributed by atoms with Gasteiger partial charge in [0.05, 0.1) is 13.3 Å². The molecule has 7 heteroatoms. The van der Waals surface area contributed by atoms with Crippen LogP contribution in [0, 0.1) is 0 Å². The van der Waals surface area contributed by atoms with Gasteiger partial charge in [-0.2, -0.15) is 0 Å². The third kappa shape index (κ3) is 37.2. The zero-order chi connectivity index (χ0) is 30.1. The first-order valence-corrected chi connectivity index (χ1v) is 17.4. The number of nitrogens with zero attached hydrogens (tertiary/aromatic N) is 4. The Hall–Kier alpha value is -0.780. The van der Waals surface area contributed by atoms with Gasteiger partial charge in [-0.15, -0.1) is 11.6 Å². The van der Waals surface area contributed by atoms with Crippen molar-refractivity contribution in [3.05, 3.63) is 24.8 Å². The van der Waals surface area contributed by atoms with Gasteiger partial charge in [0.15, 0.2) is 0 Å². The summed E-state index contributed by atoms with van der Waals surface area (Å²) in [6.07, 6.45) is 31.3. The SMILES string of the molecule is C.CCCCCCCCCCN1C=CN(C)C1.CCCCCCCCCCN1C=CN(C)C1.CCCl.CCOCC.[Cl-]. The molecule has 0 atom stereocenters. The molecular weight excluding hydrogens is 563 g/mol. The second-order valence-electron chi connectivity index (χ2n) is 11.0. The van der Waals surface area contributed by atoms with Crippen molar-refractivity contribution in [1.82, 2.24) is 19.6 Å². The predicted molar refractivity (Wildman–Crippen MR) is 187 cm³/mol. The molecule has 0 fully saturated rings. The number of ether oxygens (including phenoxy) is 1. The van der Waals surface area contributed by atoms with Gasteiger partial charge < -0.3 is 36.7 Å². The van der Waals surface area contributed by atoms with Gasteiger partial charge in [-0.1, -0.05) is 118 Å². The van der Waals surface area contributed by atoms with E-state index in [0.717, 1.165) is 32.4 Å². The van der Waals surface area contributed by atoms with Gasteiger partial charge in [0.1, 0.15) is 0 Å². The Morgan fingerprint density at radius 2 is 0.810 bits per heavy atom. The van der Waals surface area contributed by atoms with Gasteiger partial charge in [-0.05, 0) is 26.7 Å². The van der Waals surface area contributed by atoms with E-state index in [4.69, 9.17) is 16.3 Å². The van der Waals surface area contributed by atoms with Crippen LogP contribution in [-0.4, -0.2) is 79.2 Å². The maximum atomic E-state index is 5.00. The number of hydrogen-bond donors (Lipinski definition) is 0. The summed E-state index contributed by atoms with van der Waals surface area (Å²) in [4.78, 5) is 9.25. The number of hydrogen-bond acceptors (Lipinski definition) is 5. The molecule has 0 saturated carbocycles. The van der Waals surface area contributed by atoms with E-state index in [1.807, 2.05) is 20.8 Å². The fourth-order valence-corrected chi connectivity index (χ4v) is 4.57. The second kappa shape index (κ2) is 40.2. The lowest BCUT2D eigenvalue weighted by atomic mass is 10.1. The first-order valence-electron chi connectivity index (χ1n) is 16.9. The van der Waals surface area contributed by atoms with E-state index >= 15 is 0 Å². The number of halogens is 2. The van der Waals surface area contributed by atoms with Crippen molar-refractivity contribution in [2.45, 2.75) is 145 Å². The molecule has 0 aromatic rings. The van der Waals surface area contributed by atoms with Crippen molar-refractivity contribution in [3.8, 4) is 0 Å². The molecule has 0 saturated heterocycles. The van der Waals surface area contributed by atoms with Gasteiger partial charge in [-0.3, -0.25) is 0 Å². The van der Waals surface area contributed by atoms with Gasteiger partial charge >= 0.3 is 0 Å². The second-order valence-corrected chi connectivity index (χ2v) is 11.6. The highest BCUT2D eigenvalue weighted by Crippen LogP contribution is 2.12. The van der Waals surface area contributed by atoms with Crippen LogP contribution >= 0.6 is 11.6 Å². The normalized spacial score (nSPS) is 13.0. The maximum Gasteiger partial charge on any atom is 0.0890 e. The fourth-order valence-electron chi connectivity index (χ4n) is 4.57. The Morgan fingerprint density at radius 1 is 0.524 bits per heavy atom. The number of rotatable bonds is 20. The average molecular weight is 639 g/mol. The van der Waals surface area contributed by atoms with Crippen molar-refractivity contribution >= 4 is 11.6 Å². The van der Waals surface area contributed by atoms with E-state index in [0.29, 0.717) is 0 Å². The van der Waals surface area contributed by atoms with Crippen LogP contribution in [0.1, 0.15) is 145 Å². The Morgan fingerprint density at radius 3 is 1.02 bits per heavy atom. The lowest BCUT2D eigenvalue weighted by molar-refractivity contribution is -0.0000102. The van der Waals surface area contributed by atoms with Crippen molar-refractivity contribution in [3.63, 3.8) is 0 Å². The van der Waals surface area contributed by atoms with Crippen LogP contribution in [0.5, 0.6) is 0 Å². The highest BCUT2D eigenvalue weighted by atomic mass is 35.5. The van der Waals surface area contributed by atoms with Crippen LogP contribution in [0.25, 0.3) is 0 Å². The standard InChI is InChI=1S/2C14H28N2.C4H10O.C2H5Cl.CH4.ClH/c2*1-3-4-5-6-7-8-9-10-11-16-13-12-15(2)14-16;1-3-5-4-2;1-2-3;;/h2*12-13H,3-11,14H2,1-2H3;3-4H2,1-2H3;2H2,1H3;1H4;1H/p-1. The van der Waals surface area contributed by atoms with E-state index in [1.165, 1.54) is 116 Å². The van der Waals surface area contributed by atoms with E-state index in [1.54, 1.807) is 0 Å². The Labute approximate surface area is 276 Å². The van der Waals surface area contributed by atoms with Crippen molar-refractivity contribution in [2.75, 3.05) is 59.6 Å². The average Bonchev–Trinajstić information content (AvgIpc) is 3.56. The molecule has 2 rings (SSSR count). The van der Waals surface area contributed by atoms with Crippen LogP contribution in [0.3, 0.4) is 0 Å². The molecule has 256 valence electrons. The molecule has 0 aromatic carbocycles. The van der Waals surface area contributed by atoms with Crippen LogP contribution in [-0.2, 0) is 4.74 Å². The topological polar surface area (TPSA) is 22.2 Å². The third-order valence-electron chi connectivity index (χ3n) is 6.88. The molecule has 5 nitrogen and oxygen atoms in total. The van der Waals surface area contributed by atoms with E-state index in [-0.39, 0.29) is 19.8 Å². The van der Waals surface area contributed by atoms with E-state index < -0.39 is 0 Å². The van der Waals surface area contributed by atoms with Crippen molar-refractivity contribution in [2.24, 2.45) is 0 Å². The van der Waals surface area contributed by atoms with Gasteiger partial charge in [-0.25, -0.2) is 0 Å². The molecule has 2 aliphatic rings. The summed E-state index contributed by atoms with van der Waals surface area (Å²) in [5, 5.41) is 0. The Kier molecular flexibility index (Phi) is 46.1. The summed E-state index contributed by atoms with van der Waals surface area (Å²) >= 11 is 5.00. The number of unbranched alkanes of at least 4 members (excludes halogenated alkanes) is 14. The van der Waals surface area contributed by atoms with Crippen LogP contribution in [0.4, 0.5) is 0 Å². The molecule has 0 radical (unpaired) electrons. The Balaban J connectivity index is -0.000000264. The molecule has 0 aromatic heterocycles. The van der Waals surface area contributed by atoms with Gasteiger partial charge in [0.25, 0.3) is 0 Å². The molecule has 0 amide bonds. The fraction of sp³-hybridized carbons (Fsp3) is 0.886. The lowest BCUT2D eigenvalue weighted by Crippen LogP contribution is -3.00. The molecule has 0 N–H and O–H groups in total. The summed E-state index contributed by atoms with van der Waals surface area (Å²) in [5.41, 5.74) is 0. The minimum absolute atomic E-state index is 0. The highest BCUT2D eigenvalue weighted by Gasteiger charge is 2.07. The van der Waals surface area contributed by atoms with Gasteiger partial charge in [0, 0.05) is 71.1 Å².